The molecule has 1 aromatic carbocycles. The number of anilines is 1. The second-order valence-corrected chi connectivity index (χ2v) is 8.98. The van der Waals surface area contributed by atoms with Gasteiger partial charge in [0.15, 0.2) is 17.3 Å². The van der Waals surface area contributed by atoms with E-state index >= 15 is 0 Å². The van der Waals surface area contributed by atoms with Crippen LogP contribution in [0.2, 0.25) is 0 Å². The molecule has 4 rings (SSSR count). The number of hydrogen-bond donors (Lipinski definition) is 1. The van der Waals surface area contributed by atoms with E-state index in [1.807, 2.05) is 4.31 Å². The predicted molar refractivity (Wildman–Crippen MR) is 112 cm³/mol. The van der Waals surface area contributed by atoms with Gasteiger partial charge in [0.05, 0.1) is 37.2 Å². The average molecular weight is 421 g/mol. The summed E-state index contributed by atoms with van der Waals surface area (Å²) in [4.78, 5) is 6.31. The SMILES string of the molecule is COc1cc2ncc(F)c(N3CCC4(CC3)CCN(S(=O)C=N)C4)c2cc1OC. The van der Waals surface area contributed by atoms with Gasteiger partial charge in [-0.2, -0.15) is 0 Å². The highest BCUT2D eigenvalue weighted by atomic mass is 32.2. The first-order valence-electron chi connectivity index (χ1n) is 9.62. The van der Waals surface area contributed by atoms with Crippen LogP contribution in [0.1, 0.15) is 19.3 Å². The number of rotatable bonds is 5. The van der Waals surface area contributed by atoms with Gasteiger partial charge < -0.3 is 14.4 Å². The number of piperidine rings is 1. The molecule has 0 radical (unpaired) electrons. The van der Waals surface area contributed by atoms with Crippen LogP contribution in [0, 0.1) is 16.6 Å². The van der Waals surface area contributed by atoms with E-state index in [0.717, 1.165) is 51.0 Å². The van der Waals surface area contributed by atoms with Gasteiger partial charge in [-0.25, -0.2) is 12.9 Å². The van der Waals surface area contributed by atoms with Gasteiger partial charge in [0.1, 0.15) is 11.0 Å². The number of benzene rings is 1. The number of nitrogens with one attached hydrogen (secondary N) is 1. The van der Waals surface area contributed by atoms with Crippen molar-refractivity contribution in [3.63, 3.8) is 0 Å². The summed E-state index contributed by atoms with van der Waals surface area (Å²) in [6.45, 7) is 2.91. The van der Waals surface area contributed by atoms with Crippen molar-refractivity contribution >= 4 is 33.1 Å². The number of aromatic nitrogens is 1. The second kappa shape index (κ2) is 7.87. The van der Waals surface area contributed by atoms with E-state index in [4.69, 9.17) is 14.9 Å². The third-order valence-electron chi connectivity index (χ3n) is 6.20. The van der Waals surface area contributed by atoms with E-state index in [0.29, 0.717) is 28.1 Å². The fourth-order valence-electron chi connectivity index (χ4n) is 4.54. The first-order chi connectivity index (χ1) is 14.0. The summed E-state index contributed by atoms with van der Waals surface area (Å²) in [6, 6.07) is 3.55. The van der Waals surface area contributed by atoms with E-state index in [1.54, 1.807) is 26.4 Å². The number of pyridine rings is 1. The molecule has 0 aliphatic carbocycles. The van der Waals surface area contributed by atoms with Gasteiger partial charge in [-0.3, -0.25) is 10.4 Å². The Kier molecular flexibility index (Phi) is 5.44. The Morgan fingerprint density at radius 2 is 1.83 bits per heavy atom. The van der Waals surface area contributed by atoms with E-state index in [-0.39, 0.29) is 11.2 Å². The molecule has 0 saturated carbocycles. The van der Waals surface area contributed by atoms with E-state index in [2.05, 4.69) is 9.88 Å². The van der Waals surface area contributed by atoms with Crippen molar-refractivity contribution in [2.75, 3.05) is 45.3 Å². The zero-order chi connectivity index (χ0) is 20.6. The molecule has 0 bridgehead atoms. The van der Waals surface area contributed by atoms with E-state index in [1.165, 1.54) is 6.20 Å². The van der Waals surface area contributed by atoms with Crippen LogP contribution in [0.3, 0.4) is 0 Å². The molecule has 3 heterocycles. The Hall–Kier alpha value is -2.26. The summed E-state index contributed by atoms with van der Waals surface area (Å²) in [5.74, 6) is 0.759. The molecular weight excluding hydrogens is 395 g/mol. The number of fused-ring (bicyclic) bond motifs is 1. The Morgan fingerprint density at radius 1 is 1.17 bits per heavy atom. The first-order valence-corrected chi connectivity index (χ1v) is 10.8. The Morgan fingerprint density at radius 3 is 2.48 bits per heavy atom. The van der Waals surface area contributed by atoms with Crippen LogP contribution in [0.4, 0.5) is 10.1 Å². The van der Waals surface area contributed by atoms with E-state index < -0.39 is 11.0 Å². The van der Waals surface area contributed by atoms with Crippen LogP contribution in [0.5, 0.6) is 11.5 Å². The lowest BCUT2D eigenvalue weighted by Crippen LogP contribution is -2.42. The van der Waals surface area contributed by atoms with Gasteiger partial charge in [-0.15, -0.1) is 0 Å². The van der Waals surface area contributed by atoms with Gasteiger partial charge in [0, 0.05) is 37.6 Å². The molecule has 2 aliphatic rings. The van der Waals surface area contributed by atoms with Gasteiger partial charge in [-0.05, 0) is 30.7 Å². The maximum Gasteiger partial charge on any atom is 0.165 e. The minimum absolute atomic E-state index is 0.0926. The smallest absolute Gasteiger partial charge is 0.165 e. The number of nitrogens with zero attached hydrogens (tertiary/aromatic N) is 3. The minimum Gasteiger partial charge on any atom is -0.493 e. The van der Waals surface area contributed by atoms with Gasteiger partial charge in [-0.1, -0.05) is 0 Å². The molecule has 29 heavy (non-hydrogen) atoms. The first kappa shape index (κ1) is 20.0. The lowest BCUT2D eigenvalue weighted by atomic mass is 9.77. The van der Waals surface area contributed by atoms with Crippen molar-refractivity contribution in [3.05, 3.63) is 24.1 Å². The van der Waals surface area contributed by atoms with Gasteiger partial charge >= 0.3 is 0 Å². The summed E-state index contributed by atoms with van der Waals surface area (Å²) in [5.41, 5.74) is 2.29. The van der Waals surface area contributed by atoms with Crippen LogP contribution in [0.15, 0.2) is 18.3 Å². The largest absolute Gasteiger partial charge is 0.493 e. The standard InChI is InChI=1S/C20H25FN4O3S/c1-27-17-9-14-16(10-18(17)28-2)23-11-15(21)19(14)24-6-3-20(4-7-24)5-8-25(12-20)29(26)13-22/h9-11,13,22H,3-8,12H2,1-2H3. The summed E-state index contributed by atoms with van der Waals surface area (Å²) in [6.07, 6.45) is 4.02. The van der Waals surface area contributed by atoms with Crippen LogP contribution in [-0.4, -0.2) is 59.4 Å². The van der Waals surface area contributed by atoms with Crippen molar-refractivity contribution in [1.29, 1.82) is 5.41 Å². The average Bonchev–Trinajstić information content (AvgIpc) is 3.16. The summed E-state index contributed by atoms with van der Waals surface area (Å²) in [5, 5.41) is 7.95. The fraction of sp³-hybridized carbons (Fsp3) is 0.500. The minimum atomic E-state index is -1.34. The Labute approximate surface area is 171 Å². The molecule has 1 aromatic heterocycles. The van der Waals surface area contributed by atoms with Crippen LogP contribution in [0.25, 0.3) is 10.9 Å². The molecular formula is C20H25FN4O3S. The maximum atomic E-state index is 14.9. The highest BCUT2D eigenvalue weighted by Crippen LogP contribution is 2.44. The zero-order valence-corrected chi connectivity index (χ0v) is 17.4. The molecule has 156 valence electrons. The predicted octanol–water partition coefficient (Wildman–Crippen LogP) is 2.95. The number of halogens is 1. The maximum absolute atomic E-state index is 14.9. The monoisotopic (exact) mass is 420 g/mol. The molecule has 2 saturated heterocycles. The van der Waals surface area contributed by atoms with Gasteiger partial charge in [0.25, 0.3) is 0 Å². The van der Waals surface area contributed by atoms with E-state index in [9.17, 15) is 8.60 Å². The molecule has 0 amide bonds. The molecule has 2 aromatic rings. The van der Waals surface area contributed by atoms with Crippen LogP contribution >= 0.6 is 0 Å². The molecule has 1 spiro atoms. The molecule has 1 unspecified atom stereocenters. The molecule has 2 aliphatic heterocycles. The fourth-order valence-corrected chi connectivity index (χ4v) is 5.36. The summed E-state index contributed by atoms with van der Waals surface area (Å²) in [7, 11) is 1.79. The number of hydrogen-bond acceptors (Lipinski definition) is 6. The Bertz CT molecular complexity index is 962. The van der Waals surface area contributed by atoms with Crippen LogP contribution < -0.4 is 14.4 Å². The van der Waals surface area contributed by atoms with Crippen molar-refractivity contribution in [2.24, 2.45) is 5.41 Å². The quantitative estimate of drug-likeness (QED) is 0.594. The summed E-state index contributed by atoms with van der Waals surface area (Å²) >= 11 is 0. The molecule has 1 N–H and O–H groups in total. The lowest BCUT2D eigenvalue weighted by Gasteiger charge is -2.40. The zero-order valence-electron chi connectivity index (χ0n) is 16.6. The highest BCUT2D eigenvalue weighted by molar-refractivity contribution is 7.96. The van der Waals surface area contributed by atoms with Crippen LogP contribution in [-0.2, 0) is 11.0 Å². The van der Waals surface area contributed by atoms with Gasteiger partial charge in [0.2, 0.25) is 0 Å². The summed E-state index contributed by atoms with van der Waals surface area (Å²) < 4.78 is 39.4. The normalized spacial score (nSPS) is 20.2. The number of ether oxygens (including phenoxy) is 2. The number of methoxy groups -OCH3 is 2. The molecule has 7 nitrogen and oxygen atoms in total. The second-order valence-electron chi connectivity index (χ2n) is 7.67. The van der Waals surface area contributed by atoms with Crippen molar-refractivity contribution in [2.45, 2.75) is 19.3 Å². The molecule has 2 fully saturated rings. The topological polar surface area (TPSA) is 78.8 Å². The third-order valence-corrected chi connectivity index (χ3v) is 7.22. The highest BCUT2D eigenvalue weighted by Gasteiger charge is 2.42. The Balaban J connectivity index is 1.61. The van der Waals surface area contributed by atoms with Crippen molar-refractivity contribution in [3.8, 4) is 11.5 Å². The molecule has 9 heteroatoms. The van der Waals surface area contributed by atoms with Crippen molar-refractivity contribution < 1.29 is 18.1 Å². The molecule has 1 atom stereocenters. The van der Waals surface area contributed by atoms with Crippen molar-refractivity contribution in [1.82, 2.24) is 9.29 Å². The lowest BCUT2D eigenvalue weighted by molar-refractivity contribution is 0.236. The third kappa shape index (κ3) is 3.57.